The van der Waals surface area contributed by atoms with Gasteiger partial charge in [-0.1, -0.05) is 17.7 Å². The predicted molar refractivity (Wildman–Crippen MR) is 91.8 cm³/mol. The molecule has 0 heterocycles. The molecule has 0 aliphatic heterocycles. The Bertz CT molecular complexity index is 777. The van der Waals surface area contributed by atoms with Gasteiger partial charge in [0.1, 0.15) is 0 Å². The Balaban J connectivity index is 2.16. The van der Waals surface area contributed by atoms with Gasteiger partial charge in [-0.3, -0.25) is 9.59 Å². The molecule has 0 aliphatic rings. The molecule has 0 saturated carbocycles. The molecule has 2 amide bonds. The molecule has 0 unspecified atom stereocenters. The van der Waals surface area contributed by atoms with Crippen molar-refractivity contribution in [2.45, 2.75) is 6.92 Å². The van der Waals surface area contributed by atoms with Crippen molar-refractivity contribution in [1.82, 2.24) is 0 Å². The first-order chi connectivity index (χ1) is 11.4. The van der Waals surface area contributed by atoms with Crippen LogP contribution in [0.4, 0.5) is 5.69 Å². The summed E-state index contributed by atoms with van der Waals surface area (Å²) in [5.74, 6) is -0.276. The number of carbonyl (C=O) groups is 2. The van der Waals surface area contributed by atoms with Gasteiger partial charge in [0, 0.05) is 16.3 Å². The minimum atomic E-state index is -0.602. The number of ether oxygens (including phenoxy) is 2. The summed E-state index contributed by atoms with van der Waals surface area (Å²) in [5.41, 5.74) is 6.92. The Hall–Kier alpha value is -2.73. The minimum Gasteiger partial charge on any atom is -0.493 e. The SMILES string of the molecule is COc1cc(C(=O)Nc2ccc(C)c(Cl)c2)ccc1OCC(N)=O. The van der Waals surface area contributed by atoms with Gasteiger partial charge in [-0.05, 0) is 42.8 Å². The van der Waals surface area contributed by atoms with E-state index in [9.17, 15) is 9.59 Å². The Morgan fingerprint density at radius 3 is 2.54 bits per heavy atom. The third-order valence-electron chi connectivity index (χ3n) is 3.23. The summed E-state index contributed by atoms with van der Waals surface area (Å²) in [7, 11) is 1.44. The second kappa shape index (κ2) is 7.70. The Morgan fingerprint density at radius 1 is 1.17 bits per heavy atom. The second-order valence-electron chi connectivity index (χ2n) is 5.04. The molecule has 6 nitrogen and oxygen atoms in total. The van der Waals surface area contributed by atoms with E-state index in [0.717, 1.165) is 5.56 Å². The third kappa shape index (κ3) is 4.39. The van der Waals surface area contributed by atoms with Crippen LogP contribution in [0.3, 0.4) is 0 Å². The molecule has 0 fully saturated rings. The number of nitrogens with one attached hydrogen (secondary N) is 1. The first-order valence-electron chi connectivity index (χ1n) is 7.07. The van der Waals surface area contributed by atoms with Crippen LogP contribution in [0.15, 0.2) is 36.4 Å². The normalized spacial score (nSPS) is 10.1. The highest BCUT2D eigenvalue weighted by Gasteiger charge is 2.12. The molecule has 0 spiro atoms. The summed E-state index contributed by atoms with van der Waals surface area (Å²) >= 11 is 6.05. The fourth-order valence-corrected chi connectivity index (χ4v) is 2.13. The quantitative estimate of drug-likeness (QED) is 0.839. The van der Waals surface area contributed by atoms with Gasteiger partial charge < -0.3 is 20.5 Å². The Kier molecular flexibility index (Phi) is 5.65. The lowest BCUT2D eigenvalue weighted by Crippen LogP contribution is -2.20. The maximum atomic E-state index is 12.3. The van der Waals surface area contributed by atoms with Crippen molar-refractivity contribution in [2.24, 2.45) is 5.73 Å². The van der Waals surface area contributed by atoms with Crippen LogP contribution in [-0.4, -0.2) is 25.5 Å². The van der Waals surface area contributed by atoms with Gasteiger partial charge >= 0.3 is 0 Å². The molecular formula is C17H17ClN2O4. The first kappa shape index (κ1) is 17.6. The maximum absolute atomic E-state index is 12.3. The van der Waals surface area contributed by atoms with E-state index in [-0.39, 0.29) is 12.5 Å². The number of methoxy groups -OCH3 is 1. The van der Waals surface area contributed by atoms with E-state index in [2.05, 4.69) is 5.32 Å². The van der Waals surface area contributed by atoms with Crippen LogP contribution in [0.1, 0.15) is 15.9 Å². The largest absolute Gasteiger partial charge is 0.493 e. The van der Waals surface area contributed by atoms with Gasteiger partial charge in [-0.2, -0.15) is 0 Å². The summed E-state index contributed by atoms with van der Waals surface area (Å²) in [6.45, 7) is 1.60. The molecule has 0 atom stereocenters. The van der Waals surface area contributed by atoms with E-state index in [0.29, 0.717) is 27.8 Å². The van der Waals surface area contributed by atoms with Crippen LogP contribution in [0, 0.1) is 6.92 Å². The van der Waals surface area contributed by atoms with Crippen LogP contribution in [0.2, 0.25) is 5.02 Å². The number of amides is 2. The van der Waals surface area contributed by atoms with Crippen molar-refractivity contribution in [1.29, 1.82) is 0 Å². The third-order valence-corrected chi connectivity index (χ3v) is 3.63. The van der Waals surface area contributed by atoms with Crippen molar-refractivity contribution in [2.75, 3.05) is 19.0 Å². The molecule has 24 heavy (non-hydrogen) atoms. The molecule has 0 aliphatic carbocycles. The number of primary amides is 1. The summed E-state index contributed by atoms with van der Waals surface area (Å²) in [5, 5.41) is 3.32. The van der Waals surface area contributed by atoms with E-state index >= 15 is 0 Å². The zero-order valence-corrected chi connectivity index (χ0v) is 14.0. The van der Waals surface area contributed by atoms with Crippen LogP contribution in [-0.2, 0) is 4.79 Å². The lowest BCUT2D eigenvalue weighted by Gasteiger charge is -2.12. The minimum absolute atomic E-state index is 0.274. The summed E-state index contributed by atoms with van der Waals surface area (Å²) in [6, 6.07) is 9.88. The number of benzene rings is 2. The Labute approximate surface area is 144 Å². The highest BCUT2D eigenvalue weighted by atomic mass is 35.5. The molecule has 2 rings (SSSR count). The van der Waals surface area contributed by atoms with E-state index in [1.807, 2.05) is 13.0 Å². The highest BCUT2D eigenvalue weighted by molar-refractivity contribution is 6.31. The summed E-state index contributed by atoms with van der Waals surface area (Å²) in [6.07, 6.45) is 0. The Morgan fingerprint density at radius 2 is 1.92 bits per heavy atom. The van der Waals surface area contributed by atoms with Gasteiger partial charge in [0.25, 0.3) is 11.8 Å². The molecule has 126 valence electrons. The predicted octanol–water partition coefficient (Wildman–Crippen LogP) is 2.77. The summed E-state index contributed by atoms with van der Waals surface area (Å²) < 4.78 is 10.4. The molecule has 0 bridgehead atoms. The molecular weight excluding hydrogens is 332 g/mol. The number of carbonyl (C=O) groups excluding carboxylic acids is 2. The number of rotatable bonds is 6. The van der Waals surface area contributed by atoms with Crippen LogP contribution >= 0.6 is 11.6 Å². The number of hydrogen-bond acceptors (Lipinski definition) is 4. The number of halogens is 1. The van der Waals surface area contributed by atoms with Crippen molar-refractivity contribution >= 4 is 29.1 Å². The van der Waals surface area contributed by atoms with Gasteiger partial charge in [0.05, 0.1) is 7.11 Å². The molecule has 2 aromatic rings. The fraction of sp³-hybridized carbons (Fsp3) is 0.176. The summed E-state index contributed by atoms with van der Waals surface area (Å²) in [4.78, 5) is 23.1. The lowest BCUT2D eigenvalue weighted by atomic mass is 10.1. The highest BCUT2D eigenvalue weighted by Crippen LogP contribution is 2.28. The number of hydrogen-bond donors (Lipinski definition) is 2. The van der Waals surface area contributed by atoms with E-state index in [1.54, 1.807) is 24.3 Å². The van der Waals surface area contributed by atoms with Crippen LogP contribution < -0.4 is 20.5 Å². The average Bonchev–Trinajstić information content (AvgIpc) is 2.56. The van der Waals surface area contributed by atoms with E-state index in [4.69, 9.17) is 26.8 Å². The molecule has 0 saturated heterocycles. The topological polar surface area (TPSA) is 90.7 Å². The number of aryl methyl sites for hydroxylation is 1. The zero-order chi connectivity index (χ0) is 17.7. The van der Waals surface area contributed by atoms with Crippen LogP contribution in [0.5, 0.6) is 11.5 Å². The van der Waals surface area contributed by atoms with Crippen molar-refractivity contribution < 1.29 is 19.1 Å². The van der Waals surface area contributed by atoms with Gasteiger partial charge in [-0.15, -0.1) is 0 Å². The monoisotopic (exact) mass is 348 g/mol. The molecule has 0 radical (unpaired) electrons. The van der Waals surface area contributed by atoms with Gasteiger partial charge in [0.15, 0.2) is 18.1 Å². The lowest BCUT2D eigenvalue weighted by molar-refractivity contribution is -0.119. The maximum Gasteiger partial charge on any atom is 0.255 e. The fourth-order valence-electron chi connectivity index (χ4n) is 1.95. The van der Waals surface area contributed by atoms with Crippen molar-refractivity contribution in [3.05, 3.63) is 52.5 Å². The van der Waals surface area contributed by atoms with E-state index in [1.165, 1.54) is 13.2 Å². The van der Waals surface area contributed by atoms with Crippen molar-refractivity contribution in [3.63, 3.8) is 0 Å². The first-order valence-corrected chi connectivity index (χ1v) is 7.45. The number of anilines is 1. The zero-order valence-electron chi connectivity index (χ0n) is 13.3. The van der Waals surface area contributed by atoms with Crippen molar-refractivity contribution in [3.8, 4) is 11.5 Å². The molecule has 2 aromatic carbocycles. The standard InChI is InChI=1S/C17H17ClN2O4/c1-10-3-5-12(8-13(10)18)20-17(22)11-4-6-14(15(7-11)23-2)24-9-16(19)21/h3-8H,9H2,1-2H3,(H2,19,21)(H,20,22). The van der Waals surface area contributed by atoms with Gasteiger partial charge in [0.2, 0.25) is 0 Å². The number of nitrogens with two attached hydrogens (primary N) is 1. The molecule has 7 heteroatoms. The van der Waals surface area contributed by atoms with Gasteiger partial charge in [-0.25, -0.2) is 0 Å². The molecule has 3 N–H and O–H groups in total. The van der Waals surface area contributed by atoms with Crippen LogP contribution in [0.25, 0.3) is 0 Å². The average molecular weight is 349 g/mol. The van der Waals surface area contributed by atoms with E-state index < -0.39 is 5.91 Å². The second-order valence-corrected chi connectivity index (χ2v) is 5.45. The smallest absolute Gasteiger partial charge is 0.255 e. The molecule has 0 aromatic heterocycles.